The second-order valence-corrected chi connectivity index (χ2v) is 6.42. The van der Waals surface area contributed by atoms with E-state index in [0.717, 1.165) is 0 Å². The SMILES string of the molecule is CC(C)C(C(=O)O)S(=O)(=O)Cc1ccccc1. The number of sulfone groups is 1. The summed E-state index contributed by atoms with van der Waals surface area (Å²) in [7, 11) is -3.67. The molecule has 0 spiro atoms. The van der Waals surface area contributed by atoms with Gasteiger partial charge in [-0.1, -0.05) is 44.2 Å². The van der Waals surface area contributed by atoms with Crippen molar-refractivity contribution in [3.8, 4) is 0 Å². The third-order valence-electron chi connectivity index (χ3n) is 2.45. The fourth-order valence-corrected chi connectivity index (χ4v) is 3.72. The Hall–Kier alpha value is -1.36. The molecular weight excluding hydrogens is 240 g/mol. The predicted molar refractivity (Wildman–Crippen MR) is 65.3 cm³/mol. The van der Waals surface area contributed by atoms with Gasteiger partial charge < -0.3 is 5.11 Å². The first-order valence-electron chi connectivity index (χ1n) is 5.33. The van der Waals surface area contributed by atoms with Crippen molar-refractivity contribution >= 4 is 15.8 Å². The van der Waals surface area contributed by atoms with Gasteiger partial charge in [0.1, 0.15) is 0 Å². The van der Waals surface area contributed by atoms with Gasteiger partial charge in [0.25, 0.3) is 0 Å². The van der Waals surface area contributed by atoms with E-state index in [4.69, 9.17) is 5.11 Å². The highest BCUT2D eigenvalue weighted by molar-refractivity contribution is 7.92. The van der Waals surface area contributed by atoms with Gasteiger partial charge in [0.05, 0.1) is 5.75 Å². The first-order valence-corrected chi connectivity index (χ1v) is 7.04. The zero-order valence-corrected chi connectivity index (χ0v) is 10.6. The average molecular weight is 256 g/mol. The Morgan fingerprint density at radius 1 is 1.24 bits per heavy atom. The molecule has 1 rings (SSSR count). The van der Waals surface area contributed by atoms with Crippen molar-refractivity contribution < 1.29 is 18.3 Å². The van der Waals surface area contributed by atoms with E-state index in [1.807, 2.05) is 0 Å². The molecule has 0 fully saturated rings. The molecule has 0 aliphatic rings. The third-order valence-corrected chi connectivity index (χ3v) is 4.70. The van der Waals surface area contributed by atoms with Crippen LogP contribution in [0, 0.1) is 5.92 Å². The highest BCUT2D eigenvalue weighted by atomic mass is 32.2. The van der Waals surface area contributed by atoms with E-state index in [-0.39, 0.29) is 5.75 Å². The van der Waals surface area contributed by atoms with Gasteiger partial charge >= 0.3 is 5.97 Å². The largest absolute Gasteiger partial charge is 0.480 e. The van der Waals surface area contributed by atoms with Crippen LogP contribution in [0.5, 0.6) is 0 Å². The van der Waals surface area contributed by atoms with Crippen molar-refractivity contribution in [2.24, 2.45) is 5.92 Å². The maximum absolute atomic E-state index is 12.0. The summed E-state index contributed by atoms with van der Waals surface area (Å²) < 4.78 is 24.0. The van der Waals surface area contributed by atoms with Crippen molar-refractivity contribution in [1.82, 2.24) is 0 Å². The molecule has 1 atom stereocenters. The van der Waals surface area contributed by atoms with Crippen molar-refractivity contribution in [2.45, 2.75) is 24.9 Å². The molecule has 0 aliphatic carbocycles. The van der Waals surface area contributed by atoms with Gasteiger partial charge in [-0.05, 0) is 11.5 Å². The summed E-state index contributed by atoms with van der Waals surface area (Å²) in [6.45, 7) is 3.20. The van der Waals surface area contributed by atoms with Crippen LogP contribution in [0.1, 0.15) is 19.4 Å². The number of hydrogen-bond donors (Lipinski definition) is 1. The molecular formula is C12H16O4S. The van der Waals surface area contributed by atoms with E-state index >= 15 is 0 Å². The minimum atomic E-state index is -3.67. The van der Waals surface area contributed by atoms with Crippen LogP contribution in [-0.4, -0.2) is 24.7 Å². The first kappa shape index (κ1) is 13.7. The number of carbonyl (C=O) groups is 1. The van der Waals surface area contributed by atoms with Crippen LogP contribution in [0.25, 0.3) is 0 Å². The fraction of sp³-hybridized carbons (Fsp3) is 0.417. The molecule has 4 nitrogen and oxygen atoms in total. The van der Waals surface area contributed by atoms with E-state index in [0.29, 0.717) is 5.56 Å². The third kappa shape index (κ3) is 3.56. The molecule has 94 valence electrons. The zero-order chi connectivity index (χ0) is 13.1. The summed E-state index contributed by atoms with van der Waals surface area (Å²) >= 11 is 0. The Bertz CT molecular complexity index is 476. The maximum Gasteiger partial charge on any atom is 0.322 e. The minimum Gasteiger partial charge on any atom is -0.480 e. The lowest BCUT2D eigenvalue weighted by Crippen LogP contribution is -2.35. The molecule has 0 heterocycles. The van der Waals surface area contributed by atoms with Crippen LogP contribution in [0.15, 0.2) is 30.3 Å². The van der Waals surface area contributed by atoms with E-state index < -0.39 is 27.0 Å². The first-order chi connectivity index (χ1) is 7.84. The van der Waals surface area contributed by atoms with E-state index in [9.17, 15) is 13.2 Å². The van der Waals surface area contributed by atoms with Crippen LogP contribution in [0.2, 0.25) is 0 Å². The van der Waals surface area contributed by atoms with Crippen LogP contribution in [-0.2, 0) is 20.4 Å². The highest BCUT2D eigenvalue weighted by Gasteiger charge is 2.35. The Kier molecular flexibility index (Phi) is 4.28. The molecule has 0 bridgehead atoms. The van der Waals surface area contributed by atoms with Gasteiger partial charge in [0.2, 0.25) is 0 Å². The topological polar surface area (TPSA) is 71.4 Å². The van der Waals surface area contributed by atoms with Gasteiger partial charge in [0.15, 0.2) is 15.1 Å². The van der Waals surface area contributed by atoms with Crippen molar-refractivity contribution in [2.75, 3.05) is 0 Å². The van der Waals surface area contributed by atoms with Gasteiger partial charge in [-0.2, -0.15) is 0 Å². The quantitative estimate of drug-likeness (QED) is 0.870. The second kappa shape index (κ2) is 5.31. The van der Waals surface area contributed by atoms with Gasteiger partial charge in [-0.25, -0.2) is 8.42 Å². The number of hydrogen-bond acceptors (Lipinski definition) is 3. The summed E-state index contributed by atoms with van der Waals surface area (Å²) in [5.74, 6) is -1.96. The Morgan fingerprint density at radius 2 is 1.76 bits per heavy atom. The number of rotatable bonds is 5. The molecule has 17 heavy (non-hydrogen) atoms. The molecule has 0 radical (unpaired) electrons. The van der Waals surface area contributed by atoms with Gasteiger partial charge in [-0.15, -0.1) is 0 Å². The van der Waals surface area contributed by atoms with Crippen LogP contribution in [0.3, 0.4) is 0 Å². The Labute approximate surface area is 101 Å². The van der Waals surface area contributed by atoms with Crippen molar-refractivity contribution in [3.05, 3.63) is 35.9 Å². The normalized spacial score (nSPS) is 13.6. The summed E-state index contributed by atoms with van der Waals surface area (Å²) in [5.41, 5.74) is 0.611. The van der Waals surface area contributed by atoms with E-state index in [2.05, 4.69) is 0 Å². The lowest BCUT2D eigenvalue weighted by Gasteiger charge is -2.16. The van der Waals surface area contributed by atoms with Crippen molar-refractivity contribution in [3.63, 3.8) is 0 Å². The lowest BCUT2D eigenvalue weighted by molar-refractivity contribution is -0.137. The second-order valence-electron chi connectivity index (χ2n) is 4.30. The van der Waals surface area contributed by atoms with Crippen LogP contribution < -0.4 is 0 Å². The number of aliphatic carboxylic acids is 1. The number of benzene rings is 1. The van der Waals surface area contributed by atoms with Crippen LogP contribution >= 0.6 is 0 Å². The standard InChI is InChI=1S/C12H16O4S/c1-9(2)11(12(13)14)17(15,16)8-10-6-4-3-5-7-10/h3-7,9,11H,8H2,1-2H3,(H,13,14). The molecule has 5 heteroatoms. The summed E-state index contributed by atoms with van der Waals surface area (Å²) in [4.78, 5) is 11.0. The highest BCUT2D eigenvalue weighted by Crippen LogP contribution is 2.18. The summed E-state index contributed by atoms with van der Waals surface area (Å²) in [6.07, 6.45) is 0. The summed E-state index contributed by atoms with van der Waals surface area (Å²) in [6, 6.07) is 8.60. The number of carboxylic acid groups (broad SMARTS) is 1. The molecule has 1 unspecified atom stereocenters. The Morgan fingerprint density at radius 3 is 2.18 bits per heavy atom. The summed E-state index contributed by atoms with van der Waals surface area (Å²) in [5, 5.41) is 7.63. The molecule has 1 aromatic carbocycles. The number of carboxylic acids is 1. The Balaban J connectivity index is 2.99. The molecule has 1 aromatic rings. The monoisotopic (exact) mass is 256 g/mol. The van der Waals surface area contributed by atoms with Crippen LogP contribution in [0.4, 0.5) is 0 Å². The maximum atomic E-state index is 12.0. The molecule has 0 saturated carbocycles. The molecule has 0 saturated heterocycles. The average Bonchev–Trinajstić information content (AvgIpc) is 2.15. The molecule has 0 aromatic heterocycles. The predicted octanol–water partition coefficient (Wildman–Crippen LogP) is 1.71. The van der Waals surface area contributed by atoms with Crippen molar-refractivity contribution in [1.29, 1.82) is 0 Å². The molecule has 0 amide bonds. The lowest BCUT2D eigenvalue weighted by atomic mass is 10.1. The smallest absolute Gasteiger partial charge is 0.322 e. The van der Waals surface area contributed by atoms with Gasteiger partial charge in [-0.3, -0.25) is 4.79 Å². The fourth-order valence-electron chi connectivity index (χ4n) is 1.75. The van der Waals surface area contributed by atoms with E-state index in [1.165, 1.54) is 0 Å². The molecule has 0 aliphatic heterocycles. The molecule has 1 N–H and O–H groups in total. The minimum absolute atomic E-state index is 0.233. The van der Waals surface area contributed by atoms with E-state index in [1.54, 1.807) is 44.2 Å². The van der Waals surface area contributed by atoms with Gasteiger partial charge in [0, 0.05) is 0 Å². The zero-order valence-electron chi connectivity index (χ0n) is 9.83.